The number of rotatable bonds is 1. The van der Waals surface area contributed by atoms with Crippen LogP contribution in [0.1, 0.15) is 32.6 Å². The molecule has 0 N–H and O–H groups in total. The molecule has 0 saturated carbocycles. The topological polar surface area (TPSA) is 29.5 Å². The Bertz CT molecular complexity index is 199. The number of amides is 1. The Labute approximate surface area is 79.0 Å². The lowest BCUT2D eigenvalue weighted by Gasteiger charge is -2.34. The first-order chi connectivity index (χ1) is 6.29. The lowest BCUT2D eigenvalue weighted by Crippen LogP contribution is -2.43. The molecular formula is C10H17NO2. The summed E-state index contributed by atoms with van der Waals surface area (Å²) in [5, 5.41) is 0. The van der Waals surface area contributed by atoms with Gasteiger partial charge in [-0.05, 0) is 26.2 Å². The minimum absolute atomic E-state index is 0.347. The summed E-state index contributed by atoms with van der Waals surface area (Å²) in [6, 6.07) is 0.911. The highest BCUT2D eigenvalue weighted by Crippen LogP contribution is 2.25. The Morgan fingerprint density at radius 2 is 2.00 bits per heavy atom. The van der Waals surface area contributed by atoms with E-state index in [1.54, 1.807) is 0 Å². The average Bonchev–Trinajstić information content (AvgIpc) is 2.48. The number of nitrogens with zero attached hydrogens (tertiary/aromatic N) is 1. The van der Waals surface area contributed by atoms with Crippen molar-refractivity contribution in [3.63, 3.8) is 0 Å². The summed E-state index contributed by atoms with van der Waals surface area (Å²) in [5.41, 5.74) is 0. The van der Waals surface area contributed by atoms with Crippen LogP contribution < -0.4 is 0 Å². The van der Waals surface area contributed by atoms with Crippen LogP contribution in [0.3, 0.4) is 0 Å². The predicted molar refractivity (Wildman–Crippen MR) is 49.4 cm³/mol. The van der Waals surface area contributed by atoms with E-state index >= 15 is 0 Å². The van der Waals surface area contributed by atoms with E-state index in [4.69, 9.17) is 4.74 Å². The molecule has 0 radical (unpaired) electrons. The van der Waals surface area contributed by atoms with Crippen molar-refractivity contribution < 1.29 is 9.53 Å². The third kappa shape index (κ3) is 1.70. The van der Waals surface area contributed by atoms with Crippen molar-refractivity contribution >= 4 is 5.91 Å². The molecule has 0 aromatic carbocycles. The molecule has 0 aromatic heterocycles. The molecule has 0 aliphatic carbocycles. The van der Waals surface area contributed by atoms with E-state index in [1.165, 1.54) is 0 Å². The number of hydrogen-bond donors (Lipinski definition) is 0. The van der Waals surface area contributed by atoms with E-state index in [0.29, 0.717) is 18.0 Å². The second-order valence-electron chi connectivity index (χ2n) is 4.03. The van der Waals surface area contributed by atoms with Crippen LogP contribution in [0, 0.1) is 0 Å². The molecule has 2 aliphatic heterocycles. The van der Waals surface area contributed by atoms with Gasteiger partial charge in [-0.3, -0.25) is 4.79 Å². The largest absolute Gasteiger partial charge is 0.381 e. The summed E-state index contributed by atoms with van der Waals surface area (Å²) >= 11 is 0. The first kappa shape index (κ1) is 9.00. The average molecular weight is 183 g/mol. The molecule has 13 heavy (non-hydrogen) atoms. The molecule has 74 valence electrons. The maximum atomic E-state index is 11.6. The van der Waals surface area contributed by atoms with Gasteiger partial charge in [0, 0.05) is 31.7 Å². The summed E-state index contributed by atoms with van der Waals surface area (Å²) in [6.45, 7) is 3.79. The molecule has 2 saturated heterocycles. The first-order valence-corrected chi connectivity index (χ1v) is 5.18. The molecule has 1 atom stereocenters. The third-order valence-corrected chi connectivity index (χ3v) is 3.12. The molecule has 0 spiro atoms. The van der Waals surface area contributed by atoms with Crippen LogP contribution in [-0.2, 0) is 9.53 Å². The van der Waals surface area contributed by atoms with Gasteiger partial charge in [0.25, 0.3) is 0 Å². The van der Waals surface area contributed by atoms with Crippen LogP contribution in [-0.4, -0.2) is 36.1 Å². The molecule has 2 rings (SSSR count). The normalized spacial score (nSPS) is 31.3. The van der Waals surface area contributed by atoms with Gasteiger partial charge in [0.05, 0.1) is 0 Å². The van der Waals surface area contributed by atoms with Crippen LogP contribution in [0.25, 0.3) is 0 Å². The maximum absolute atomic E-state index is 11.6. The van der Waals surface area contributed by atoms with E-state index in [0.717, 1.165) is 38.9 Å². The predicted octanol–water partition coefficient (Wildman–Crippen LogP) is 1.18. The van der Waals surface area contributed by atoms with Crippen LogP contribution in [0.2, 0.25) is 0 Å². The fourth-order valence-corrected chi connectivity index (χ4v) is 2.37. The maximum Gasteiger partial charge on any atom is 0.223 e. The van der Waals surface area contributed by atoms with Gasteiger partial charge >= 0.3 is 0 Å². The number of carbonyl (C=O) groups is 1. The van der Waals surface area contributed by atoms with Crippen molar-refractivity contribution in [2.75, 3.05) is 13.2 Å². The Morgan fingerprint density at radius 3 is 2.54 bits per heavy atom. The van der Waals surface area contributed by atoms with Crippen molar-refractivity contribution in [2.24, 2.45) is 0 Å². The highest BCUT2D eigenvalue weighted by atomic mass is 16.5. The van der Waals surface area contributed by atoms with Crippen molar-refractivity contribution in [3.8, 4) is 0 Å². The Balaban J connectivity index is 2.00. The summed E-state index contributed by atoms with van der Waals surface area (Å²) in [4.78, 5) is 13.7. The van der Waals surface area contributed by atoms with E-state index in [2.05, 4.69) is 11.8 Å². The van der Waals surface area contributed by atoms with E-state index < -0.39 is 0 Å². The minimum atomic E-state index is 0.347. The lowest BCUT2D eigenvalue weighted by atomic mass is 10.1. The SMILES string of the molecule is CC1CCC(=O)N1C1CCOCC1. The second-order valence-corrected chi connectivity index (χ2v) is 4.03. The summed E-state index contributed by atoms with van der Waals surface area (Å²) in [6.07, 6.45) is 3.83. The summed E-state index contributed by atoms with van der Waals surface area (Å²) in [5.74, 6) is 0.347. The lowest BCUT2D eigenvalue weighted by molar-refractivity contribution is -0.132. The molecule has 1 unspecified atom stereocenters. The summed E-state index contributed by atoms with van der Waals surface area (Å²) < 4.78 is 5.29. The van der Waals surface area contributed by atoms with Crippen molar-refractivity contribution in [1.82, 2.24) is 4.90 Å². The van der Waals surface area contributed by atoms with Crippen LogP contribution in [0.15, 0.2) is 0 Å². The third-order valence-electron chi connectivity index (χ3n) is 3.12. The molecule has 1 amide bonds. The van der Waals surface area contributed by atoms with Gasteiger partial charge in [-0.2, -0.15) is 0 Å². The zero-order valence-electron chi connectivity index (χ0n) is 8.16. The van der Waals surface area contributed by atoms with Gasteiger partial charge in [0.15, 0.2) is 0 Å². The smallest absolute Gasteiger partial charge is 0.223 e. The molecule has 2 heterocycles. The van der Waals surface area contributed by atoms with E-state index in [1.807, 2.05) is 0 Å². The van der Waals surface area contributed by atoms with Gasteiger partial charge in [0.2, 0.25) is 5.91 Å². The number of hydrogen-bond acceptors (Lipinski definition) is 2. The summed E-state index contributed by atoms with van der Waals surface area (Å²) in [7, 11) is 0. The van der Waals surface area contributed by atoms with Crippen LogP contribution >= 0.6 is 0 Å². The van der Waals surface area contributed by atoms with E-state index in [9.17, 15) is 4.79 Å². The van der Waals surface area contributed by atoms with Crippen molar-refractivity contribution in [1.29, 1.82) is 0 Å². The molecule has 3 heteroatoms. The zero-order chi connectivity index (χ0) is 9.26. The Hall–Kier alpha value is -0.570. The van der Waals surface area contributed by atoms with Crippen LogP contribution in [0.4, 0.5) is 0 Å². The molecular weight excluding hydrogens is 166 g/mol. The Morgan fingerprint density at radius 1 is 1.31 bits per heavy atom. The quantitative estimate of drug-likeness (QED) is 0.611. The van der Waals surface area contributed by atoms with Gasteiger partial charge in [-0.1, -0.05) is 0 Å². The van der Waals surface area contributed by atoms with Gasteiger partial charge in [0.1, 0.15) is 0 Å². The molecule has 2 aliphatic rings. The standard InChI is InChI=1S/C10H17NO2/c1-8-2-3-10(12)11(8)9-4-6-13-7-5-9/h8-9H,2-7H2,1H3. The van der Waals surface area contributed by atoms with Gasteiger partial charge in [-0.15, -0.1) is 0 Å². The fourth-order valence-electron chi connectivity index (χ4n) is 2.37. The molecule has 0 aromatic rings. The monoisotopic (exact) mass is 183 g/mol. The van der Waals surface area contributed by atoms with Crippen molar-refractivity contribution in [2.45, 2.75) is 44.7 Å². The van der Waals surface area contributed by atoms with Gasteiger partial charge in [-0.25, -0.2) is 0 Å². The first-order valence-electron chi connectivity index (χ1n) is 5.18. The highest BCUT2D eigenvalue weighted by molar-refractivity contribution is 5.79. The zero-order valence-corrected chi connectivity index (χ0v) is 8.16. The Kier molecular flexibility index (Phi) is 2.54. The fraction of sp³-hybridized carbons (Fsp3) is 0.900. The van der Waals surface area contributed by atoms with Crippen LogP contribution in [0.5, 0.6) is 0 Å². The number of carbonyl (C=O) groups excluding carboxylic acids is 1. The molecule has 3 nitrogen and oxygen atoms in total. The van der Waals surface area contributed by atoms with Gasteiger partial charge < -0.3 is 9.64 Å². The molecule has 2 fully saturated rings. The number of likely N-dealkylation sites (tertiary alicyclic amines) is 1. The second kappa shape index (κ2) is 3.66. The minimum Gasteiger partial charge on any atom is -0.381 e. The molecule has 0 bridgehead atoms. The van der Waals surface area contributed by atoms with E-state index in [-0.39, 0.29) is 0 Å². The highest BCUT2D eigenvalue weighted by Gasteiger charge is 2.33. The number of ether oxygens (including phenoxy) is 1. The van der Waals surface area contributed by atoms with Crippen molar-refractivity contribution in [3.05, 3.63) is 0 Å².